The maximum Gasteiger partial charge on any atom is 0.224 e. The molecule has 0 aliphatic carbocycles. The summed E-state index contributed by atoms with van der Waals surface area (Å²) in [5, 5.41) is 2.55. The van der Waals surface area contributed by atoms with Crippen LogP contribution in [0.3, 0.4) is 0 Å². The standard InChI is InChI=1S/C9H18N2O2/c1-5-8(12)11(4)6-7(2)9(13)10-3/h7H,5-6H2,1-4H3,(H,10,13). The highest BCUT2D eigenvalue weighted by Crippen LogP contribution is 1.99. The summed E-state index contributed by atoms with van der Waals surface area (Å²) in [5.41, 5.74) is 0. The maximum atomic E-state index is 11.2. The molecule has 0 rings (SSSR count). The largest absolute Gasteiger partial charge is 0.359 e. The Morgan fingerprint density at radius 2 is 2.00 bits per heavy atom. The van der Waals surface area contributed by atoms with Gasteiger partial charge in [0.15, 0.2) is 0 Å². The lowest BCUT2D eigenvalue weighted by Gasteiger charge is -2.19. The first kappa shape index (κ1) is 11.9. The van der Waals surface area contributed by atoms with Gasteiger partial charge in [-0.1, -0.05) is 13.8 Å². The summed E-state index contributed by atoms with van der Waals surface area (Å²) in [5.74, 6) is -0.114. The smallest absolute Gasteiger partial charge is 0.224 e. The first-order valence-corrected chi connectivity index (χ1v) is 4.48. The number of nitrogens with one attached hydrogen (secondary N) is 1. The van der Waals surface area contributed by atoms with E-state index in [4.69, 9.17) is 0 Å². The van der Waals surface area contributed by atoms with Gasteiger partial charge in [0.1, 0.15) is 0 Å². The second kappa shape index (κ2) is 5.56. The van der Waals surface area contributed by atoms with E-state index >= 15 is 0 Å². The molecule has 1 unspecified atom stereocenters. The number of amides is 2. The molecule has 0 aliphatic heterocycles. The molecule has 0 saturated carbocycles. The third-order valence-electron chi connectivity index (χ3n) is 1.97. The Morgan fingerprint density at radius 3 is 2.38 bits per heavy atom. The topological polar surface area (TPSA) is 49.4 Å². The van der Waals surface area contributed by atoms with Gasteiger partial charge < -0.3 is 10.2 Å². The van der Waals surface area contributed by atoms with Crippen molar-refractivity contribution >= 4 is 11.8 Å². The summed E-state index contributed by atoms with van der Waals surface area (Å²) in [6.45, 7) is 4.09. The van der Waals surface area contributed by atoms with Gasteiger partial charge in [0, 0.05) is 27.1 Å². The van der Waals surface area contributed by atoms with Crippen LogP contribution in [0.4, 0.5) is 0 Å². The molecule has 4 heteroatoms. The van der Waals surface area contributed by atoms with Gasteiger partial charge in [-0.05, 0) is 0 Å². The van der Waals surface area contributed by atoms with E-state index in [9.17, 15) is 9.59 Å². The molecule has 0 fully saturated rings. The average Bonchev–Trinajstić information content (AvgIpc) is 2.14. The fourth-order valence-electron chi connectivity index (χ4n) is 1.11. The Balaban J connectivity index is 3.98. The number of rotatable bonds is 4. The molecular weight excluding hydrogens is 168 g/mol. The molecule has 13 heavy (non-hydrogen) atoms. The molecule has 0 heterocycles. The van der Waals surface area contributed by atoms with Crippen molar-refractivity contribution in [1.29, 1.82) is 0 Å². The Kier molecular flexibility index (Phi) is 5.11. The summed E-state index contributed by atoms with van der Waals surface area (Å²) in [4.78, 5) is 23.8. The van der Waals surface area contributed by atoms with Crippen LogP contribution in [-0.2, 0) is 9.59 Å². The third-order valence-corrected chi connectivity index (χ3v) is 1.97. The number of hydrogen-bond donors (Lipinski definition) is 1. The van der Waals surface area contributed by atoms with Crippen LogP contribution < -0.4 is 5.32 Å². The zero-order chi connectivity index (χ0) is 10.4. The first-order chi connectivity index (χ1) is 6.02. The van der Waals surface area contributed by atoms with Crippen molar-refractivity contribution in [3.05, 3.63) is 0 Å². The van der Waals surface area contributed by atoms with Crippen LogP contribution in [0, 0.1) is 5.92 Å². The van der Waals surface area contributed by atoms with E-state index < -0.39 is 0 Å². The zero-order valence-electron chi connectivity index (χ0n) is 8.76. The summed E-state index contributed by atoms with van der Waals surface area (Å²) < 4.78 is 0. The molecular formula is C9H18N2O2. The van der Waals surface area contributed by atoms with Crippen LogP contribution in [0.1, 0.15) is 20.3 Å². The van der Waals surface area contributed by atoms with Crippen LogP contribution in [0.5, 0.6) is 0 Å². The lowest BCUT2D eigenvalue weighted by molar-refractivity contribution is -0.131. The molecule has 1 N–H and O–H groups in total. The van der Waals surface area contributed by atoms with E-state index in [1.165, 1.54) is 0 Å². The number of carbonyl (C=O) groups is 2. The van der Waals surface area contributed by atoms with Crippen LogP contribution in [0.25, 0.3) is 0 Å². The van der Waals surface area contributed by atoms with E-state index in [1.807, 2.05) is 6.92 Å². The van der Waals surface area contributed by atoms with Crippen molar-refractivity contribution in [3.63, 3.8) is 0 Å². The molecule has 0 spiro atoms. The van der Waals surface area contributed by atoms with E-state index in [0.29, 0.717) is 13.0 Å². The fourth-order valence-corrected chi connectivity index (χ4v) is 1.11. The number of nitrogens with zero attached hydrogens (tertiary/aromatic N) is 1. The normalized spacial score (nSPS) is 12.0. The van der Waals surface area contributed by atoms with Crippen molar-refractivity contribution in [2.24, 2.45) is 5.92 Å². The molecule has 0 saturated heterocycles. The highest BCUT2D eigenvalue weighted by Gasteiger charge is 2.15. The second-order valence-corrected chi connectivity index (χ2v) is 3.14. The van der Waals surface area contributed by atoms with Crippen LogP contribution in [0.2, 0.25) is 0 Å². The lowest BCUT2D eigenvalue weighted by atomic mass is 10.1. The van der Waals surface area contributed by atoms with Gasteiger partial charge in [0.05, 0.1) is 5.92 Å². The van der Waals surface area contributed by atoms with Crippen LogP contribution >= 0.6 is 0 Å². The van der Waals surface area contributed by atoms with Crippen LogP contribution in [-0.4, -0.2) is 37.4 Å². The SMILES string of the molecule is CCC(=O)N(C)CC(C)C(=O)NC. The van der Waals surface area contributed by atoms with E-state index in [0.717, 1.165) is 0 Å². The Hall–Kier alpha value is -1.06. The zero-order valence-corrected chi connectivity index (χ0v) is 8.76. The molecule has 0 bridgehead atoms. The predicted molar refractivity (Wildman–Crippen MR) is 51.2 cm³/mol. The highest BCUT2D eigenvalue weighted by atomic mass is 16.2. The molecule has 2 amide bonds. The predicted octanol–water partition coefficient (Wildman–Crippen LogP) is 0.237. The van der Waals surface area contributed by atoms with Crippen molar-refractivity contribution in [2.75, 3.05) is 20.6 Å². The number of hydrogen-bond acceptors (Lipinski definition) is 2. The quantitative estimate of drug-likeness (QED) is 0.683. The molecule has 0 radical (unpaired) electrons. The minimum Gasteiger partial charge on any atom is -0.359 e. The van der Waals surface area contributed by atoms with Crippen molar-refractivity contribution in [1.82, 2.24) is 10.2 Å². The van der Waals surface area contributed by atoms with Gasteiger partial charge in [-0.15, -0.1) is 0 Å². The van der Waals surface area contributed by atoms with E-state index in [1.54, 1.807) is 25.9 Å². The van der Waals surface area contributed by atoms with Gasteiger partial charge in [-0.3, -0.25) is 9.59 Å². The molecule has 1 atom stereocenters. The summed E-state index contributed by atoms with van der Waals surface area (Å²) >= 11 is 0. The van der Waals surface area contributed by atoms with Gasteiger partial charge in [-0.25, -0.2) is 0 Å². The van der Waals surface area contributed by atoms with Gasteiger partial charge in [0.2, 0.25) is 11.8 Å². The minimum atomic E-state index is -0.148. The Bertz CT molecular complexity index is 172. The van der Waals surface area contributed by atoms with Crippen molar-refractivity contribution in [2.45, 2.75) is 20.3 Å². The van der Waals surface area contributed by atoms with Gasteiger partial charge in [-0.2, -0.15) is 0 Å². The minimum absolute atomic E-state index is 0.0317. The average molecular weight is 186 g/mol. The third kappa shape index (κ3) is 3.92. The van der Waals surface area contributed by atoms with Crippen LogP contribution in [0.15, 0.2) is 0 Å². The van der Waals surface area contributed by atoms with Crippen molar-refractivity contribution < 1.29 is 9.59 Å². The molecule has 4 nitrogen and oxygen atoms in total. The van der Waals surface area contributed by atoms with E-state index in [2.05, 4.69) is 5.32 Å². The first-order valence-electron chi connectivity index (χ1n) is 4.48. The molecule has 0 aromatic carbocycles. The summed E-state index contributed by atoms with van der Waals surface area (Å²) in [6, 6.07) is 0. The van der Waals surface area contributed by atoms with E-state index in [-0.39, 0.29) is 17.7 Å². The molecule has 76 valence electrons. The molecule has 0 aromatic heterocycles. The van der Waals surface area contributed by atoms with Gasteiger partial charge >= 0.3 is 0 Å². The monoisotopic (exact) mass is 186 g/mol. The fraction of sp³-hybridized carbons (Fsp3) is 0.778. The van der Waals surface area contributed by atoms with Crippen molar-refractivity contribution in [3.8, 4) is 0 Å². The maximum absolute atomic E-state index is 11.2. The highest BCUT2D eigenvalue weighted by molar-refractivity contribution is 5.80. The summed E-state index contributed by atoms with van der Waals surface area (Å²) in [6.07, 6.45) is 0.483. The lowest BCUT2D eigenvalue weighted by Crippen LogP contribution is -2.37. The second-order valence-electron chi connectivity index (χ2n) is 3.14. The Morgan fingerprint density at radius 1 is 1.46 bits per heavy atom. The molecule has 0 aromatic rings. The molecule has 0 aliphatic rings. The Labute approximate surface area is 79.3 Å². The van der Waals surface area contributed by atoms with Gasteiger partial charge in [0.25, 0.3) is 0 Å². The summed E-state index contributed by atoms with van der Waals surface area (Å²) in [7, 11) is 3.31. The number of carbonyl (C=O) groups excluding carboxylic acids is 2.